The Hall–Kier alpha value is -2.78. The molecule has 2 aromatic carbocycles. The molecule has 1 fully saturated rings. The summed E-state index contributed by atoms with van der Waals surface area (Å²) in [5.74, 6) is -0.603. The largest absolute Gasteiger partial charge is 0.325 e. The number of piperidine rings is 1. The zero-order valence-electron chi connectivity index (χ0n) is 18.1. The molecule has 1 aliphatic heterocycles. The average molecular weight is 446 g/mol. The van der Waals surface area contributed by atoms with Crippen molar-refractivity contribution in [2.24, 2.45) is 5.92 Å². The van der Waals surface area contributed by atoms with Gasteiger partial charge in [0.15, 0.2) is 0 Å². The number of amides is 1. The molecular formula is C22H27N3O5S. The number of benzene rings is 2. The summed E-state index contributed by atoms with van der Waals surface area (Å²) >= 11 is 0. The van der Waals surface area contributed by atoms with Crippen LogP contribution in [-0.2, 0) is 14.8 Å². The molecule has 2 aromatic rings. The van der Waals surface area contributed by atoms with Gasteiger partial charge in [-0.3, -0.25) is 14.9 Å². The second-order valence-corrected chi connectivity index (χ2v) is 9.98. The fourth-order valence-corrected chi connectivity index (χ4v) is 6.13. The number of nitro groups is 1. The molecule has 1 N–H and O–H groups in total. The topological polar surface area (TPSA) is 110 Å². The van der Waals surface area contributed by atoms with Crippen molar-refractivity contribution in [3.8, 4) is 0 Å². The predicted octanol–water partition coefficient (Wildman–Crippen LogP) is 3.87. The fourth-order valence-electron chi connectivity index (χ4n) is 4.25. The van der Waals surface area contributed by atoms with Gasteiger partial charge in [0, 0.05) is 25.1 Å². The number of hydrogen-bond acceptors (Lipinski definition) is 5. The number of nitrogens with one attached hydrogen (secondary N) is 1. The van der Waals surface area contributed by atoms with Crippen LogP contribution in [0, 0.1) is 43.7 Å². The molecule has 0 aliphatic carbocycles. The maximum atomic E-state index is 13.2. The first-order valence-corrected chi connectivity index (χ1v) is 11.6. The van der Waals surface area contributed by atoms with E-state index in [-0.39, 0.29) is 30.6 Å². The average Bonchev–Trinajstić information content (AvgIpc) is 2.68. The Balaban J connectivity index is 1.71. The van der Waals surface area contributed by atoms with Gasteiger partial charge in [-0.25, -0.2) is 8.42 Å². The lowest BCUT2D eigenvalue weighted by Crippen LogP contribution is -2.41. The summed E-state index contributed by atoms with van der Waals surface area (Å²) in [5.41, 5.74) is 3.20. The minimum Gasteiger partial charge on any atom is -0.325 e. The first-order valence-electron chi connectivity index (χ1n) is 10.1. The fraction of sp³-hybridized carbons (Fsp3) is 0.409. The first-order chi connectivity index (χ1) is 14.5. The van der Waals surface area contributed by atoms with Crippen LogP contribution in [0.15, 0.2) is 35.2 Å². The second-order valence-electron chi connectivity index (χ2n) is 8.10. The van der Waals surface area contributed by atoms with Gasteiger partial charge in [-0.2, -0.15) is 4.31 Å². The number of hydrogen-bond donors (Lipinski definition) is 1. The molecule has 0 atom stereocenters. The zero-order valence-corrected chi connectivity index (χ0v) is 19.0. The van der Waals surface area contributed by atoms with Gasteiger partial charge in [-0.05, 0) is 57.7 Å². The van der Waals surface area contributed by atoms with Gasteiger partial charge in [-0.1, -0.05) is 23.8 Å². The van der Waals surface area contributed by atoms with Crippen LogP contribution in [0.1, 0.15) is 35.1 Å². The minimum absolute atomic E-state index is 0.0532. The monoisotopic (exact) mass is 445 g/mol. The molecule has 0 saturated carbocycles. The Morgan fingerprint density at radius 3 is 2.23 bits per heavy atom. The van der Waals surface area contributed by atoms with E-state index in [1.807, 2.05) is 19.1 Å². The highest BCUT2D eigenvalue weighted by atomic mass is 32.2. The minimum atomic E-state index is -3.64. The number of aryl methyl sites for hydroxylation is 3. The van der Waals surface area contributed by atoms with Crippen LogP contribution in [0.25, 0.3) is 0 Å². The lowest BCUT2D eigenvalue weighted by Gasteiger charge is -2.31. The molecule has 8 nitrogen and oxygen atoms in total. The van der Waals surface area contributed by atoms with Crippen LogP contribution < -0.4 is 5.32 Å². The molecule has 0 aromatic heterocycles. The normalized spacial score (nSPS) is 15.6. The zero-order chi connectivity index (χ0) is 22.9. The highest BCUT2D eigenvalue weighted by molar-refractivity contribution is 7.89. The molecule has 1 heterocycles. The Labute approximate surface area is 182 Å². The smallest absolute Gasteiger partial charge is 0.274 e. The third kappa shape index (κ3) is 4.62. The van der Waals surface area contributed by atoms with Crippen LogP contribution in [-0.4, -0.2) is 36.6 Å². The van der Waals surface area contributed by atoms with Crippen LogP contribution in [0.5, 0.6) is 0 Å². The van der Waals surface area contributed by atoms with E-state index >= 15 is 0 Å². The summed E-state index contributed by atoms with van der Waals surface area (Å²) in [5, 5.41) is 13.9. The molecule has 9 heteroatoms. The molecule has 0 radical (unpaired) electrons. The summed E-state index contributed by atoms with van der Waals surface area (Å²) in [6.45, 7) is 7.63. The molecule has 1 aliphatic rings. The van der Waals surface area contributed by atoms with E-state index in [0.29, 0.717) is 29.0 Å². The van der Waals surface area contributed by atoms with Crippen molar-refractivity contribution >= 4 is 27.3 Å². The van der Waals surface area contributed by atoms with Crippen LogP contribution >= 0.6 is 0 Å². The lowest BCUT2D eigenvalue weighted by atomic mass is 9.97. The number of sulfonamides is 1. The molecule has 0 unspecified atom stereocenters. The van der Waals surface area contributed by atoms with Gasteiger partial charge in [-0.15, -0.1) is 0 Å². The Bertz CT molecular complexity index is 1110. The third-order valence-electron chi connectivity index (χ3n) is 5.79. The van der Waals surface area contributed by atoms with Crippen LogP contribution in [0.3, 0.4) is 0 Å². The van der Waals surface area contributed by atoms with Crippen molar-refractivity contribution in [3.63, 3.8) is 0 Å². The quantitative estimate of drug-likeness (QED) is 0.555. The van der Waals surface area contributed by atoms with Crippen molar-refractivity contribution in [2.45, 2.75) is 45.4 Å². The van der Waals surface area contributed by atoms with E-state index in [4.69, 9.17) is 0 Å². The van der Waals surface area contributed by atoms with Gasteiger partial charge in [0.2, 0.25) is 15.9 Å². The van der Waals surface area contributed by atoms with Gasteiger partial charge < -0.3 is 5.32 Å². The van der Waals surface area contributed by atoms with E-state index in [1.165, 1.54) is 16.4 Å². The van der Waals surface area contributed by atoms with Gasteiger partial charge >= 0.3 is 0 Å². The summed E-state index contributed by atoms with van der Waals surface area (Å²) in [6.07, 6.45) is 0.784. The van der Waals surface area contributed by atoms with E-state index in [2.05, 4.69) is 5.32 Å². The van der Waals surface area contributed by atoms with E-state index < -0.39 is 14.9 Å². The first kappa shape index (κ1) is 22.9. The SMILES string of the molecule is Cc1cc(C)c(S(=O)(=O)N2CCC(C(=O)Nc3cccc([N+](=O)[O-])c3C)CC2)c(C)c1. The summed E-state index contributed by atoms with van der Waals surface area (Å²) in [4.78, 5) is 23.7. The molecule has 0 bridgehead atoms. The highest BCUT2D eigenvalue weighted by Gasteiger charge is 2.34. The Morgan fingerprint density at radius 2 is 1.68 bits per heavy atom. The third-order valence-corrected chi connectivity index (χ3v) is 7.99. The molecule has 1 saturated heterocycles. The van der Waals surface area contributed by atoms with E-state index in [0.717, 1.165) is 16.7 Å². The molecular weight excluding hydrogens is 418 g/mol. The number of nitrogens with zero attached hydrogens (tertiary/aromatic N) is 2. The van der Waals surface area contributed by atoms with Crippen molar-refractivity contribution in [3.05, 3.63) is 62.7 Å². The Kier molecular flexibility index (Phi) is 6.47. The molecule has 3 rings (SSSR count). The second kappa shape index (κ2) is 8.76. The van der Waals surface area contributed by atoms with Gasteiger partial charge in [0.05, 0.1) is 21.1 Å². The van der Waals surface area contributed by atoms with Crippen molar-refractivity contribution < 1.29 is 18.1 Å². The lowest BCUT2D eigenvalue weighted by molar-refractivity contribution is -0.385. The number of carbonyl (C=O) groups excluding carboxylic acids is 1. The van der Waals surface area contributed by atoms with Crippen molar-refractivity contribution in [1.29, 1.82) is 0 Å². The summed E-state index contributed by atoms with van der Waals surface area (Å²) in [7, 11) is -3.64. The number of rotatable bonds is 5. The number of anilines is 1. The highest BCUT2D eigenvalue weighted by Crippen LogP contribution is 2.30. The van der Waals surface area contributed by atoms with Crippen LogP contribution in [0.2, 0.25) is 0 Å². The molecule has 1 amide bonds. The number of nitro benzene ring substituents is 1. The Morgan fingerprint density at radius 1 is 1.10 bits per heavy atom. The summed E-state index contributed by atoms with van der Waals surface area (Å²) < 4.78 is 27.9. The van der Waals surface area contributed by atoms with E-state index in [1.54, 1.807) is 26.8 Å². The maximum absolute atomic E-state index is 13.2. The number of carbonyl (C=O) groups is 1. The molecule has 0 spiro atoms. The van der Waals surface area contributed by atoms with Crippen LogP contribution in [0.4, 0.5) is 11.4 Å². The molecule has 166 valence electrons. The summed E-state index contributed by atoms with van der Waals surface area (Å²) in [6, 6.07) is 8.28. The van der Waals surface area contributed by atoms with Gasteiger partial charge in [0.25, 0.3) is 5.69 Å². The van der Waals surface area contributed by atoms with E-state index in [9.17, 15) is 23.3 Å². The van der Waals surface area contributed by atoms with Gasteiger partial charge in [0.1, 0.15) is 0 Å². The maximum Gasteiger partial charge on any atom is 0.274 e. The standard InChI is InChI=1S/C22H27N3O5S/c1-14-12-15(2)21(16(3)13-14)31(29,30)24-10-8-18(9-11-24)22(26)23-19-6-5-7-20(17(19)4)25(27)28/h5-7,12-13,18H,8-11H2,1-4H3,(H,23,26). The molecule has 31 heavy (non-hydrogen) atoms. The van der Waals surface area contributed by atoms with Crippen molar-refractivity contribution in [2.75, 3.05) is 18.4 Å². The predicted molar refractivity (Wildman–Crippen MR) is 119 cm³/mol. The van der Waals surface area contributed by atoms with Crippen molar-refractivity contribution in [1.82, 2.24) is 4.31 Å².